The number of nitrogens with two attached hydrogens (primary N) is 1. The summed E-state index contributed by atoms with van der Waals surface area (Å²) in [6, 6.07) is 2.19. The third-order valence-electron chi connectivity index (χ3n) is 3.27. The van der Waals surface area contributed by atoms with Crippen molar-refractivity contribution in [3.63, 3.8) is 0 Å². The zero-order valence-corrected chi connectivity index (χ0v) is 10.9. The Hall–Kier alpha value is -0.610. The van der Waals surface area contributed by atoms with Crippen LogP contribution in [0.15, 0.2) is 21.5 Å². The maximum absolute atomic E-state index is 12.1. The summed E-state index contributed by atoms with van der Waals surface area (Å²) in [6.07, 6.45) is 7.87. The molecule has 1 fully saturated rings. The number of halogens is 1. The molecule has 0 radical (unpaired) electrons. The minimum absolute atomic E-state index is 0.0811. The first-order chi connectivity index (χ1) is 7.72. The lowest BCUT2D eigenvalue weighted by Crippen LogP contribution is -2.29. The zero-order valence-electron chi connectivity index (χ0n) is 9.29. The first kappa shape index (κ1) is 11.9. The fraction of sp³-hybridized carbons (Fsp3) is 0.583. The van der Waals surface area contributed by atoms with Crippen LogP contribution < -0.4 is 11.3 Å². The van der Waals surface area contributed by atoms with Gasteiger partial charge < -0.3 is 10.3 Å². The lowest BCUT2D eigenvalue weighted by atomic mass is 9.95. The van der Waals surface area contributed by atoms with Crippen molar-refractivity contribution in [3.05, 3.63) is 32.7 Å². The van der Waals surface area contributed by atoms with E-state index in [-0.39, 0.29) is 5.56 Å². The summed E-state index contributed by atoms with van der Waals surface area (Å²) in [5, 5.41) is 0. The van der Waals surface area contributed by atoms with E-state index in [9.17, 15) is 4.79 Å². The number of pyridine rings is 1. The van der Waals surface area contributed by atoms with E-state index in [4.69, 9.17) is 5.73 Å². The second-order valence-electron chi connectivity index (χ2n) is 4.39. The Kier molecular flexibility index (Phi) is 3.82. The van der Waals surface area contributed by atoms with Gasteiger partial charge in [-0.05, 0) is 34.8 Å². The quantitative estimate of drug-likeness (QED) is 0.907. The number of aromatic nitrogens is 1. The van der Waals surface area contributed by atoms with Gasteiger partial charge in [0.2, 0.25) is 0 Å². The fourth-order valence-corrected chi connectivity index (χ4v) is 2.90. The molecule has 1 aliphatic carbocycles. The highest BCUT2D eigenvalue weighted by Crippen LogP contribution is 2.27. The third-order valence-corrected chi connectivity index (χ3v) is 3.71. The van der Waals surface area contributed by atoms with Crippen LogP contribution >= 0.6 is 15.9 Å². The number of hydrogen-bond acceptors (Lipinski definition) is 2. The van der Waals surface area contributed by atoms with Gasteiger partial charge in [-0.15, -0.1) is 0 Å². The molecule has 88 valence electrons. The van der Waals surface area contributed by atoms with E-state index in [0.717, 1.165) is 17.3 Å². The fourth-order valence-electron chi connectivity index (χ4n) is 2.40. The summed E-state index contributed by atoms with van der Waals surface area (Å²) in [5.41, 5.74) is 6.36. The smallest absolute Gasteiger partial charge is 0.255 e. The summed E-state index contributed by atoms with van der Waals surface area (Å²) < 4.78 is 2.81. The van der Waals surface area contributed by atoms with E-state index in [1.807, 2.05) is 16.8 Å². The number of nitrogens with zero attached hydrogens (tertiary/aromatic N) is 1. The van der Waals surface area contributed by atoms with Crippen LogP contribution in [0, 0.1) is 0 Å². The number of hydrogen-bond donors (Lipinski definition) is 1. The van der Waals surface area contributed by atoms with Gasteiger partial charge in [0.1, 0.15) is 0 Å². The lowest BCUT2D eigenvalue weighted by molar-refractivity contribution is 0.345. The molecule has 0 aromatic carbocycles. The largest absolute Gasteiger partial charge is 0.326 e. The summed E-state index contributed by atoms with van der Waals surface area (Å²) in [4.78, 5) is 12.1. The highest BCUT2D eigenvalue weighted by Gasteiger charge is 2.17. The van der Waals surface area contributed by atoms with Crippen LogP contribution in [0.25, 0.3) is 0 Å². The second-order valence-corrected chi connectivity index (χ2v) is 5.31. The Morgan fingerprint density at radius 1 is 1.38 bits per heavy atom. The molecule has 0 bridgehead atoms. The van der Waals surface area contributed by atoms with Gasteiger partial charge in [0.25, 0.3) is 5.56 Å². The lowest BCUT2D eigenvalue weighted by Gasteiger charge is -2.24. The molecule has 1 saturated carbocycles. The van der Waals surface area contributed by atoms with Gasteiger partial charge in [-0.25, -0.2) is 0 Å². The molecule has 1 aromatic heterocycles. The molecule has 2 N–H and O–H groups in total. The first-order valence-electron chi connectivity index (χ1n) is 5.83. The molecule has 1 aliphatic rings. The van der Waals surface area contributed by atoms with Gasteiger partial charge in [-0.3, -0.25) is 4.79 Å². The first-order valence-corrected chi connectivity index (χ1v) is 6.62. The van der Waals surface area contributed by atoms with E-state index in [1.165, 1.54) is 19.3 Å². The molecule has 0 amide bonds. The Balaban J connectivity index is 2.38. The van der Waals surface area contributed by atoms with Gasteiger partial charge in [0.15, 0.2) is 0 Å². The molecule has 1 heterocycles. The SMILES string of the molecule is NCc1cc(Br)cn(C2CCCCC2)c1=O. The van der Waals surface area contributed by atoms with Gasteiger partial charge in [0, 0.05) is 28.8 Å². The predicted molar refractivity (Wildman–Crippen MR) is 68.4 cm³/mol. The third kappa shape index (κ3) is 2.38. The van der Waals surface area contributed by atoms with Crippen molar-refractivity contribution in [2.24, 2.45) is 5.73 Å². The van der Waals surface area contributed by atoms with E-state index >= 15 is 0 Å². The number of rotatable bonds is 2. The van der Waals surface area contributed by atoms with Crippen molar-refractivity contribution >= 4 is 15.9 Å². The molecule has 0 aliphatic heterocycles. The van der Waals surface area contributed by atoms with Crippen molar-refractivity contribution in [2.45, 2.75) is 44.7 Å². The Bertz CT molecular complexity index is 422. The Morgan fingerprint density at radius 3 is 2.69 bits per heavy atom. The van der Waals surface area contributed by atoms with Gasteiger partial charge in [0.05, 0.1) is 0 Å². The van der Waals surface area contributed by atoms with Crippen molar-refractivity contribution in [2.75, 3.05) is 0 Å². The minimum atomic E-state index is 0.0811. The maximum Gasteiger partial charge on any atom is 0.255 e. The average molecular weight is 285 g/mol. The van der Waals surface area contributed by atoms with Crippen LogP contribution in [0.1, 0.15) is 43.7 Å². The van der Waals surface area contributed by atoms with E-state index in [0.29, 0.717) is 18.2 Å². The second kappa shape index (κ2) is 5.15. The monoisotopic (exact) mass is 284 g/mol. The van der Waals surface area contributed by atoms with E-state index < -0.39 is 0 Å². The molecule has 0 unspecified atom stereocenters. The Labute approximate surface area is 104 Å². The highest BCUT2D eigenvalue weighted by atomic mass is 79.9. The van der Waals surface area contributed by atoms with Crippen LogP contribution in [0.2, 0.25) is 0 Å². The maximum atomic E-state index is 12.1. The molecule has 0 saturated heterocycles. The molecule has 4 heteroatoms. The summed E-state index contributed by atoms with van der Waals surface area (Å²) in [5.74, 6) is 0. The highest BCUT2D eigenvalue weighted by molar-refractivity contribution is 9.10. The molecule has 0 spiro atoms. The zero-order chi connectivity index (χ0) is 11.5. The van der Waals surface area contributed by atoms with Crippen LogP contribution in [-0.2, 0) is 6.54 Å². The van der Waals surface area contributed by atoms with E-state index in [2.05, 4.69) is 15.9 Å². The van der Waals surface area contributed by atoms with E-state index in [1.54, 1.807) is 0 Å². The van der Waals surface area contributed by atoms with Crippen molar-refractivity contribution < 1.29 is 0 Å². The molecule has 0 atom stereocenters. The van der Waals surface area contributed by atoms with Gasteiger partial charge in [-0.2, -0.15) is 0 Å². The van der Waals surface area contributed by atoms with Crippen LogP contribution in [0.5, 0.6) is 0 Å². The van der Waals surface area contributed by atoms with Crippen molar-refractivity contribution in [1.29, 1.82) is 0 Å². The standard InChI is InChI=1S/C12H17BrN2O/c13-10-6-9(7-14)12(16)15(8-10)11-4-2-1-3-5-11/h6,8,11H,1-5,7,14H2. The summed E-state index contributed by atoms with van der Waals surface area (Å²) in [6.45, 7) is 0.311. The normalized spacial score (nSPS) is 17.6. The summed E-state index contributed by atoms with van der Waals surface area (Å²) in [7, 11) is 0. The van der Waals surface area contributed by atoms with Crippen LogP contribution in [-0.4, -0.2) is 4.57 Å². The summed E-state index contributed by atoms with van der Waals surface area (Å²) >= 11 is 3.44. The molecular formula is C12H17BrN2O. The molecular weight excluding hydrogens is 268 g/mol. The Morgan fingerprint density at radius 2 is 2.06 bits per heavy atom. The van der Waals surface area contributed by atoms with Gasteiger partial charge in [-0.1, -0.05) is 19.3 Å². The topological polar surface area (TPSA) is 48.0 Å². The predicted octanol–water partition coefficient (Wildman–Crippen LogP) is 2.57. The van der Waals surface area contributed by atoms with Gasteiger partial charge >= 0.3 is 0 Å². The molecule has 2 rings (SSSR count). The minimum Gasteiger partial charge on any atom is -0.326 e. The molecule has 3 nitrogen and oxygen atoms in total. The van der Waals surface area contributed by atoms with Crippen LogP contribution in [0.4, 0.5) is 0 Å². The average Bonchev–Trinajstić information content (AvgIpc) is 2.33. The van der Waals surface area contributed by atoms with Crippen molar-refractivity contribution in [1.82, 2.24) is 4.57 Å². The molecule has 16 heavy (non-hydrogen) atoms. The van der Waals surface area contributed by atoms with Crippen LogP contribution in [0.3, 0.4) is 0 Å². The van der Waals surface area contributed by atoms with Crippen molar-refractivity contribution in [3.8, 4) is 0 Å². The molecule has 1 aromatic rings.